The second-order valence-electron chi connectivity index (χ2n) is 5.39. The van der Waals surface area contributed by atoms with Gasteiger partial charge in [0.15, 0.2) is 0 Å². The van der Waals surface area contributed by atoms with E-state index in [1.807, 2.05) is 24.3 Å². The zero-order valence-electron chi connectivity index (χ0n) is 11.1. The zero-order chi connectivity index (χ0) is 14.6. The number of ether oxygens (including phenoxy) is 1. The average Bonchev–Trinajstić information content (AvgIpc) is 3.05. The summed E-state index contributed by atoms with van der Waals surface area (Å²) in [7, 11) is 0. The molecule has 21 heavy (non-hydrogen) atoms. The molecule has 2 N–H and O–H groups in total. The summed E-state index contributed by atoms with van der Waals surface area (Å²) in [4.78, 5) is 12.6. The van der Waals surface area contributed by atoms with Crippen molar-refractivity contribution < 1.29 is 14.6 Å². The predicted octanol–water partition coefficient (Wildman–Crippen LogP) is 2.64. The highest BCUT2D eigenvalue weighted by atomic mass is 16.6. The molecule has 0 unspecified atom stereocenters. The normalized spacial score (nSPS) is 26.3. The lowest BCUT2D eigenvalue weighted by atomic mass is 9.82. The fourth-order valence-electron chi connectivity index (χ4n) is 3.54. The number of benzene rings is 1. The molecule has 0 saturated carbocycles. The second-order valence-corrected chi connectivity index (χ2v) is 5.39. The fraction of sp³-hybridized carbons (Fsp3) is 0.250. The van der Waals surface area contributed by atoms with Gasteiger partial charge in [-0.25, -0.2) is 0 Å². The van der Waals surface area contributed by atoms with Crippen LogP contribution in [0.25, 0.3) is 0 Å². The molecule has 4 rings (SSSR count). The molecule has 104 valence electrons. The Morgan fingerprint density at radius 3 is 2.95 bits per heavy atom. The van der Waals surface area contributed by atoms with Gasteiger partial charge < -0.3 is 15.2 Å². The maximum Gasteiger partial charge on any atom is 0.297 e. The zero-order valence-corrected chi connectivity index (χ0v) is 11.1. The number of hydrogen-bond acceptors (Lipinski definition) is 4. The summed E-state index contributed by atoms with van der Waals surface area (Å²) in [5, 5.41) is 22.1. The van der Waals surface area contributed by atoms with E-state index in [4.69, 9.17) is 4.74 Å². The topological polar surface area (TPSA) is 82.3 Å². The van der Waals surface area contributed by atoms with E-state index in [9.17, 15) is 15.2 Å². The van der Waals surface area contributed by atoms with Gasteiger partial charge in [-0.2, -0.15) is 5.26 Å². The second kappa shape index (κ2) is 3.89. The van der Waals surface area contributed by atoms with Crippen LogP contribution in [0.5, 0.6) is 0 Å². The van der Waals surface area contributed by atoms with Crippen molar-refractivity contribution >= 4 is 11.6 Å². The molecule has 0 fully saturated rings. The predicted molar refractivity (Wildman–Crippen MR) is 74.0 cm³/mol. The average molecular weight is 280 g/mol. The van der Waals surface area contributed by atoms with Crippen LogP contribution < -0.4 is 5.32 Å². The number of fused-ring (bicyclic) bond motifs is 3. The van der Waals surface area contributed by atoms with Gasteiger partial charge in [-0.1, -0.05) is 18.2 Å². The van der Waals surface area contributed by atoms with Gasteiger partial charge in [0.1, 0.15) is 11.6 Å². The van der Waals surface area contributed by atoms with Gasteiger partial charge in [-0.3, -0.25) is 4.79 Å². The SMILES string of the molecule is N#CC1=C(O)O[C@]2(C(=O)Nc3ccccc32)C2=C1CCC2. The van der Waals surface area contributed by atoms with E-state index in [2.05, 4.69) is 5.32 Å². The van der Waals surface area contributed by atoms with Crippen LogP contribution in [-0.4, -0.2) is 11.0 Å². The van der Waals surface area contributed by atoms with Gasteiger partial charge in [-0.15, -0.1) is 0 Å². The van der Waals surface area contributed by atoms with E-state index in [1.165, 1.54) is 0 Å². The van der Waals surface area contributed by atoms with Crippen molar-refractivity contribution in [2.75, 3.05) is 5.32 Å². The smallest absolute Gasteiger partial charge is 0.297 e. The fourth-order valence-corrected chi connectivity index (χ4v) is 3.54. The van der Waals surface area contributed by atoms with E-state index < -0.39 is 11.5 Å². The van der Waals surface area contributed by atoms with Crippen molar-refractivity contribution in [3.63, 3.8) is 0 Å². The van der Waals surface area contributed by atoms with Crippen LogP contribution in [0.2, 0.25) is 0 Å². The first kappa shape index (κ1) is 12.0. The van der Waals surface area contributed by atoms with Crippen LogP contribution >= 0.6 is 0 Å². The van der Waals surface area contributed by atoms with Crippen molar-refractivity contribution in [3.8, 4) is 6.07 Å². The maximum absolute atomic E-state index is 12.6. The molecule has 0 aromatic heterocycles. The Balaban J connectivity index is 2.01. The quantitative estimate of drug-likeness (QED) is 0.765. The summed E-state index contributed by atoms with van der Waals surface area (Å²) in [6, 6.07) is 9.28. The molecule has 2 aliphatic heterocycles. The highest BCUT2D eigenvalue weighted by molar-refractivity contribution is 6.08. The first-order chi connectivity index (χ1) is 10.2. The molecule has 1 amide bonds. The molecule has 2 heterocycles. The highest BCUT2D eigenvalue weighted by Gasteiger charge is 2.56. The minimum atomic E-state index is -1.31. The van der Waals surface area contributed by atoms with Crippen molar-refractivity contribution in [2.45, 2.75) is 24.9 Å². The number of hydrogen-bond donors (Lipinski definition) is 2. The molecule has 3 aliphatic rings. The largest absolute Gasteiger partial charge is 0.480 e. The number of nitrogens with one attached hydrogen (secondary N) is 1. The van der Waals surface area contributed by atoms with E-state index >= 15 is 0 Å². The minimum Gasteiger partial charge on any atom is -0.480 e. The summed E-state index contributed by atoms with van der Waals surface area (Å²) in [5.41, 5.74) is 1.80. The van der Waals surface area contributed by atoms with Crippen LogP contribution in [-0.2, 0) is 15.1 Å². The number of aliphatic hydroxyl groups excluding tert-OH is 1. The third-order valence-corrected chi connectivity index (χ3v) is 4.39. The molecule has 0 bridgehead atoms. The Morgan fingerprint density at radius 2 is 2.14 bits per heavy atom. The minimum absolute atomic E-state index is 0.158. The summed E-state index contributed by atoms with van der Waals surface area (Å²) in [6.45, 7) is 0. The molecular formula is C16H12N2O3. The molecule has 0 saturated heterocycles. The van der Waals surface area contributed by atoms with E-state index in [-0.39, 0.29) is 11.5 Å². The Labute approximate surface area is 121 Å². The van der Waals surface area contributed by atoms with Crippen LogP contribution in [0.15, 0.2) is 46.9 Å². The third-order valence-electron chi connectivity index (χ3n) is 4.39. The summed E-state index contributed by atoms with van der Waals surface area (Å²) in [5.74, 6) is -0.758. The van der Waals surface area contributed by atoms with Crippen molar-refractivity contribution in [1.82, 2.24) is 0 Å². The molecule has 5 nitrogen and oxygen atoms in total. The van der Waals surface area contributed by atoms with Crippen LogP contribution in [0.4, 0.5) is 5.69 Å². The van der Waals surface area contributed by atoms with Crippen molar-refractivity contribution in [2.24, 2.45) is 0 Å². The molecule has 1 aromatic rings. The third kappa shape index (κ3) is 1.32. The molecule has 1 aliphatic carbocycles. The number of rotatable bonds is 0. The Hall–Kier alpha value is -2.74. The van der Waals surface area contributed by atoms with Gasteiger partial charge in [0.25, 0.3) is 11.9 Å². The lowest BCUT2D eigenvalue weighted by Gasteiger charge is -2.33. The molecular weight excluding hydrogens is 268 g/mol. The Kier molecular flexibility index (Phi) is 2.23. The van der Waals surface area contributed by atoms with Crippen molar-refractivity contribution in [3.05, 3.63) is 52.5 Å². The molecule has 1 atom stereocenters. The first-order valence-electron chi connectivity index (χ1n) is 6.84. The highest BCUT2D eigenvalue weighted by Crippen LogP contribution is 2.53. The van der Waals surface area contributed by atoms with Gasteiger partial charge in [0.2, 0.25) is 5.60 Å². The Morgan fingerprint density at radius 1 is 1.33 bits per heavy atom. The molecule has 1 aromatic carbocycles. The first-order valence-corrected chi connectivity index (χ1v) is 6.84. The standard InChI is InChI=1S/C16H12N2O3/c17-8-10-9-4-3-6-11(9)16(21-14(10)19)12-5-1-2-7-13(12)18-15(16)20/h1-2,5,7,19H,3-4,6H2,(H,18,20)/t16-/m1/s1. The number of carbonyl (C=O) groups excluding carboxylic acids is 1. The van der Waals surface area contributed by atoms with Crippen LogP contribution in [0.1, 0.15) is 24.8 Å². The number of nitriles is 1. The van der Waals surface area contributed by atoms with Gasteiger partial charge >= 0.3 is 0 Å². The number of carbonyl (C=O) groups is 1. The number of nitrogens with zero attached hydrogens (tertiary/aromatic N) is 1. The molecule has 5 heteroatoms. The lowest BCUT2D eigenvalue weighted by Crippen LogP contribution is -2.41. The maximum atomic E-state index is 12.6. The van der Waals surface area contributed by atoms with Gasteiger partial charge in [-0.05, 0) is 36.5 Å². The number of anilines is 1. The monoisotopic (exact) mass is 280 g/mol. The van der Waals surface area contributed by atoms with E-state index in [0.29, 0.717) is 24.1 Å². The number of allylic oxidation sites excluding steroid dienone is 2. The van der Waals surface area contributed by atoms with Gasteiger partial charge in [0, 0.05) is 11.3 Å². The Bertz CT molecular complexity index is 785. The van der Waals surface area contributed by atoms with Crippen LogP contribution in [0, 0.1) is 11.3 Å². The van der Waals surface area contributed by atoms with Crippen molar-refractivity contribution in [1.29, 1.82) is 5.26 Å². The number of para-hydroxylation sites is 1. The van der Waals surface area contributed by atoms with E-state index in [1.54, 1.807) is 6.07 Å². The molecule has 1 spiro atoms. The summed E-state index contributed by atoms with van der Waals surface area (Å²) < 4.78 is 5.63. The number of aliphatic hydroxyl groups is 1. The molecule has 0 radical (unpaired) electrons. The van der Waals surface area contributed by atoms with Crippen LogP contribution in [0.3, 0.4) is 0 Å². The number of amides is 1. The summed E-state index contributed by atoms with van der Waals surface area (Å²) >= 11 is 0. The van der Waals surface area contributed by atoms with E-state index in [0.717, 1.165) is 17.6 Å². The van der Waals surface area contributed by atoms with Gasteiger partial charge in [0.05, 0.1) is 0 Å². The lowest BCUT2D eigenvalue weighted by molar-refractivity contribution is -0.137. The summed E-state index contributed by atoms with van der Waals surface area (Å²) in [6.07, 6.45) is 2.22.